The fourth-order valence-corrected chi connectivity index (χ4v) is 3.61. The van der Waals surface area contributed by atoms with Crippen molar-refractivity contribution in [1.29, 1.82) is 0 Å². The molecule has 0 aromatic heterocycles. The third kappa shape index (κ3) is 3.73. The Hall–Kier alpha value is -0.610. The third-order valence-corrected chi connectivity index (χ3v) is 5.21. The molecule has 0 spiro atoms. The molecule has 1 aliphatic carbocycles. The predicted molar refractivity (Wildman–Crippen MR) is 82.4 cm³/mol. The molecule has 2 aliphatic rings. The van der Waals surface area contributed by atoms with Crippen LogP contribution in [0.25, 0.3) is 0 Å². The van der Waals surface area contributed by atoms with Crippen LogP contribution in [-0.4, -0.2) is 43.0 Å². The molecule has 1 saturated carbocycles. The van der Waals surface area contributed by atoms with E-state index in [1.807, 2.05) is 0 Å². The van der Waals surface area contributed by atoms with E-state index in [9.17, 15) is 4.79 Å². The van der Waals surface area contributed by atoms with E-state index >= 15 is 0 Å². The quantitative estimate of drug-likeness (QED) is 0.807. The lowest BCUT2D eigenvalue weighted by molar-refractivity contribution is -0.133. The van der Waals surface area contributed by atoms with Gasteiger partial charge in [-0.05, 0) is 64.5 Å². The number of hydrogen-bond donors (Lipinski definition) is 2. The van der Waals surface area contributed by atoms with Gasteiger partial charge in [0.2, 0.25) is 5.91 Å². The summed E-state index contributed by atoms with van der Waals surface area (Å²) in [7, 11) is 0. The van der Waals surface area contributed by atoms with Gasteiger partial charge < -0.3 is 16.0 Å². The maximum atomic E-state index is 12.6. The zero-order chi connectivity index (χ0) is 14.6. The van der Waals surface area contributed by atoms with Gasteiger partial charge in [0.15, 0.2) is 0 Å². The van der Waals surface area contributed by atoms with E-state index in [4.69, 9.17) is 5.73 Å². The monoisotopic (exact) mass is 281 g/mol. The molecule has 116 valence electrons. The van der Waals surface area contributed by atoms with E-state index in [-0.39, 0.29) is 17.4 Å². The van der Waals surface area contributed by atoms with Crippen LogP contribution in [0, 0.1) is 11.3 Å². The van der Waals surface area contributed by atoms with Crippen molar-refractivity contribution in [2.45, 2.75) is 58.4 Å². The van der Waals surface area contributed by atoms with E-state index in [1.165, 1.54) is 25.9 Å². The van der Waals surface area contributed by atoms with Crippen molar-refractivity contribution in [2.75, 3.05) is 26.2 Å². The van der Waals surface area contributed by atoms with Gasteiger partial charge in [0.25, 0.3) is 0 Å². The second kappa shape index (κ2) is 6.90. The number of carbonyl (C=O) groups excluding carboxylic acids is 1. The molecule has 0 bridgehead atoms. The zero-order valence-electron chi connectivity index (χ0n) is 13.2. The van der Waals surface area contributed by atoms with Crippen molar-refractivity contribution in [1.82, 2.24) is 10.2 Å². The summed E-state index contributed by atoms with van der Waals surface area (Å²) in [6.07, 6.45) is 6.76. The van der Waals surface area contributed by atoms with E-state index < -0.39 is 0 Å². The Bertz CT molecular complexity index is 318. The molecule has 4 nitrogen and oxygen atoms in total. The average molecular weight is 281 g/mol. The molecule has 20 heavy (non-hydrogen) atoms. The molecule has 2 rings (SSSR count). The molecule has 1 saturated heterocycles. The Morgan fingerprint density at radius 1 is 1.35 bits per heavy atom. The van der Waals surface area contributed by atoms with Gasteiger partial charge in [-0.3, -0.25) is 4.79 Å². The number of amides is 1. The molecular formula is C16H31N3O. The predicted octanol–water partition coefficient (Wildman–Crippen LogP) is 1.74. The second-order valence-electron chi connectivity index (χ2n) is 7.05. The highest BCUT2D eigenvalue weighted by Gasteiger charge is 2.40. The van der Waals surface area contributed by atoms with Crippen molar-refractivity contribution < 1.29 is 4.79 Å². The Kier molecular flexibility index (Phi) is 5.44. The maximum Gasteiger partial charge on any atom is 0.227 e. The van der Waals surface area contributed by atoms with Crippen molar-refractivity contribution in [2.24, 2.45) is 17.1 Å². The van der Waals surface area contributed by atoms with Gasteiger partial charge in [-0.2, -0.15) is 0 Å². The molecular weight excluding hydrogens is 250 g/mol. The Morgan fingerprint density at radius 2 is 1.95 bits per heavy atom. The minimum atomic E-state index is -0.300. The molecule has 0 aromatic carbocycles. The smallest absolute Gasteiger partial charge is 0.227 e. The van der Waals surface area contributed by atoms with Crippen molar-refractivity contribution in [3.8, 4) is 0 Å². The normalized spacial score (nSPS) is 33.0. The first-order chi connectivity index (χ1) is 9.55. The fraction of sp³-hybridized carbons (Fsp3) is 0.938. The van der Waals surface area contributed by atoms with Crippen molar-refractivity contribution in [3.63, 3.8) is 0 Å². The summed E-state index contributed by atoms with van der Waals surface area (Å²) < 4.78 is 0. The number of rotatable bonds is 5. The topological polar surface area (TPSA) is 58.4 Å². The summed E-state index contributed by atoms with van der Waals surface area (Å²) >= 11 is 0. The molecule has 1 aliphatic heterocycles. The number of hydrogen-bond acceptors (Lipinski definition) is 3. The maximum absolute atomic E-state index is 12.6. The SMILES string of the molecule is CC1CCC(CN)(C(=O)NC(C)CN2CCCC2)CC1. The van der Waals surface area contributed by atoms with Crippen LogP contribution >= 0.6 is 0 Å². The summed E-state index contributed by atoms with van der Waals surface area (Å²) in [6, 6.07) is 0.225. The highest BCUT2D eigenvalue weighted by Crippen LogP contribution is 2.38. The summed E-state index contributed by atoms with van der Waals surface area (Å²) in [4.78, 5) is 15.1. The summed E-state index contributed by atoms with van der Waals surface area (Å²) in [5, 5.41) is 3.22. The number of likely N-dealkylation sites (tertiary alicyclic amines) is 1. The zero-order valence-corrected chi connectivity index (χ0v) is 13.2. The van der Waals surface area contributed by atoms with Crippen LogP contribution in [0.1, 0.15) is 52.4 Å². The largest absolute Gasteiger partial charge is 0.352 e. The van der Waals surface area contributed by atoms with Gasteiger partial charge in [0.05, 0.1) is 5.41 Å². The highest BCUT2D eigenvalue weighted by molar-refractivity contribution is 5.83. The van der Waals surface area contributed by atoms with Crippen LogP contribution in [-0.2, 0) is 4.79 Å². The standard InChI is InChI=1S/C16H31N3O/c1-13-5-7-16(12-17,8-6-13)15(20)18-14(2)11-19-9-3-4-10-19/h13-14H,3-12,17H2,1-2H3,(H,18,20). The number of nitrogens with two attached hydrogens (primary N) is 1. The summed E-state index contributed by atoms with van der Waals surface area (Å²) in [5.74, 6) is 0.933. The molecule has 0 radical (unpaired) electrons. The van der Waals surface area contributed by atoms with Crippen LogP contribution in [0.5, 0.6) is 0 Å². The van der Waals surface area contributed by atoms with Crippen molar-refractivity contribution in [3.05, 3.63) is 0 Å². The van der Waals surface area contributed by atoms with E-state index in [0.717, 1.165) is 38.1 Å². The van der Waals surface area contributed by atoms with E-state index in [1.54, 1.807) is 0 Å². The lowest BCUT2D eigenvalue weighted by Crippen LogP contribution is -2.52. The molecule has 4 heteroatoms. The molecule has 2 fully saturated rings. The number of nitrogens with zero attached hydrogens (tertiary/aromatic N) is 1. The molecule has 1 atom stereocenters. The van der Waals surface area contributed by atoms with Gasteiger partial charge in [0, 0.05) is 19.1 Å². The van der Waals surface area contributed by atoms with E-state index in [0.29, 0.717) is 6.54 Å². The van der Waals surface area contributed by atoms with Crippen LogP contribution < -0.4 is 11.1 Å². The molecule has 1 unspecified atom stereocenters. The van der Waals surface area contributed by atoms with Crippen LogP contribution in [0.4, 0.5) is 0 Å². The molecule has 1 heterocycles. The molecule has 1 amide bonds. The van der Waals surface area contributed by atoms with Crippen molar-refractivity contribution >= 4 is 5.91 Å². The van der Waals surface area contributed by atoms with Crippen LogP contribution in [0.3, 0.4) is 0 Å². The number of carbonyl (C=O) groups is 1. The van der Waals surface area contributed by atoms with E-state index in [2.05, 4.69) is 24.1 Å². The first-order valence-corrected chi connectivity index (χ1v) is 8.29. The minimum Gasteiger partial charge on any atom is -0.352 e. The van der Waals surface area contributed by atoms with Gasteiger partial charge in [0.1, 0.15) is 0 Å². The third-order valence-electron chi connectivity index (χ3n) is 5.21. The molecule has 0 aromatic rings. The fourth-order valence-electron chi connectivity index (χ4n) is 3.61. The first-order valence-electron chi connectivity index (χ1n) is 8.29. The summed E-state index contributed by atoms with van der Waals surface area (Å²) in [6.45, 7) is 8.21. The van der Waals surface area contributed by atoms with Gasteiger partial charge in [-0.25, -0.2) is 0 Å². The number of nitrogens with one attached hydrogen (secondary N) is 1. The Morgan fingerprint density at radius 3 is 2.50 bits per heavy atom. The minimum absolute atomic E-state index is 0.193. The lowest BCUT2D eigenvalue weighted by Gasteiger charge is -2.38. The highest BCUT2D eigenvalue weighted by atomic mass is 16.2. The van der Waals surface area contributed by atoms with Crippen LogP contribution in [0.2, 0.25) is 0 Å². The lowest BCUT2D eigenvalue weighted by atomic mass is 9.70. The Labute approximate surface area is 123 Å². The second-order valence-corrected chi connectivity index (χ2v) is 7.05. The van der Waals surface area contributed by atoms with Crippen LogP contribution in [0.15, 0.2) is 0 Å². The summed E-state index contributed by atoms with van der Waals surface area (Å²) in [5.41, 5.74) is 5.65. The average Bonchev–Trinajstić information content (AvgIpc) is 2.92. The van der Waals surface area contributed by atoms with Gasteiger partial charge in [-0.1, -0.05) is 6.92 Å². The Balaban J connectivity index is 1.85. The van der Waals surface area contributed by atoms with Gasteiger partial charge in [-0.15, -0.1) is 0 Å². The molecule has 3 N–H and O–H groups in total. The first kappa shape index (κ1) is 15.8. The van der Waals surface area contributed by atoms with Gasteiger partial charge >= 0.3 is 0 Å².